The Morgan fingerprint density at radius 3 is 2.00 bits per heavy atom. The first-order valence-corrected chi connectivity index (χ1v) is 6.87. The van der Waals surface area contributed by atoms with Gasteiger partial charge in [0.05, 0.1) is 26.7 Å². The van der Waals surface area contributed by atoms with Crippen molar-refractivity contribution in [2.75, 3.05) is 26.7 Å². The standard InChI is InChI=1S/C13H22F4N2O3/c1-4-8(2)12(13(21)22-3)18-11(20)7-19(5-9(14)15)6-10(16)17/h8-10,12H,4-7H2,1-3H3,(H,18,20). The molecule has 0 aliphatic carbocycles. The topological polar surface area (TPSA) is 58.6 Å². The van der Waals surface area contributed by atoms with Gasteiger partial charge in [-0.1, -0.05) is 20.3 Å². The van der Waals surface area contributed by atoms with E-state index < -0.39 is 50.4 Å². The molecule has 0 aliphatic rings. The second-order valence-corrected chi connectivity index (χ2v) is 4.93. The van der Waals surface area contributed by atoms with E-state index in [0.29, 0.717) is 11.3 Å². The number of nitrogens with zero attached hydrogens (tertiary/aromatic N) is 1. The predicted octanol–water partition coefficient (Wildman–Crippen LogP) is 1.52. The van der Waals surface area contributed by atoms with E-state index >= 15 is 0 Å². The van der Waals surface area contributed by atoms with E-state index in [1.165, 1.54) is 0 Å². The summed E-state index contributed by atoms with van der Waals surface area (Å²) >= 11 is 0. The minimum absolute atomic E-state index is 0.241. The van der Waals surface area contributed by atoms with Crippen LogP contribution in [0.3, 0.4) is 0 Å². The average Bonchev–Trinajstić information content (AvgIpc) is 2.41. The smallest absolute Gasteiger partial charge is 0.328 e. The Morgan fingerprint density at radius 2 is 1.64 bits per heavy atom. The molecule has 0 bridgehead atoms. The monoisotopic (exact) mass is 330 g/mol. The molecule has 0 radical (unpaired) electrons. The van der Waals surface area contributed by atoms with Crippen molar-refractivity contribution in [3.05, 3.63) is 0 Å². The lowest BCUT2D eigenvalue weighted by Crippen LogP contribution is -2.50. The molecule has 0 fully saturated rings. The maximum atomic E-state index is 12.3. The third kappa shape index (κ3) is 8.16. The molecule has 0 rings (SSSR count). The molecule has 130 valence electrons. The quantitative estimate of drug-likeness (QED) is 0.487. The molecule has 1 amide bonds. The molecule has 22 heavy (non-hydrogen) atoms. The van der Waals surface area contributed by atoms with Crippen LogP contribution in [-0.4, -0.2) is 62.4 Å². The third-order valence-electron chi connectivity index (χ3n) is 3.14. The molecule has 0 aromatic rings. The summed E-state index contributed by atoms with van der Waals surface area (Å²) in [5.41, 5.74) is 0. The van der Waals surface area contributed by atoms with Crippen LogP contribution in [-0.2, 0) is 14.3 Å². The van der Waals surface area contributed by atoms with Crippen molar-refractivity contribution in [2.45, 2.75) is 39.2 Å². The lowest BCUT2D eigenvalue weighted by Gasteiger charge is -2.25. The number of nitrogens with one attached hydrogen (secondary N) is 1. The van der Waals surface area contributed by atoms with E-state index in [1.807, 2.05) is 0 Å². The van der Waals surface area contributed by atoms with Gasteiger partial charge in [-0.2, -0.15) is 0 Å². The van der Waals surface area contributed by atoms with Crippen LogP contribution in [0.5, 0.6) is 0 Å². The number of hydrogen-bond acceptors (Lipinski definition) is 4. The summed E-state index contributed by atoms with van der Waals surface area (Å²) in [5, 5.41) is 2.35. The summed E-state index contributed by atoms with van der Waals surface area (Å²) in [4.78, 5) is 24.1. The highest BCUT2D eigenvalue weighted by atomic mass is 19.3. The fourth-order valence-corrected chi connectivity index (χ4v) is 1.81. The van der Waals surface area contributed by atoms with E-state index in [0.717, 1.165) is 7.11 Å². The molecule has 0 saturated heterocycles. The highest BCUT2D eigenvalue weighted by molar-refractivity contribution is 5.85. The van der Waals surface area contributed by atoms with Crippen LogP contribution in [0.1, 0.15) is 20.3 Å². The number of esters is 1. The van der Waals surface area contributed by atoms with Crippen LogP contribution in [0, 0.1) is 5.92 Å². The molecule has 0 aliphatic heterocycles. The maximum absolute atomic E-state index is 12.3. The lowest BCUT2D eigenvalue weighted by molar-refractivity contribution is -0.146. The van der Waals surface area contributed by atoms with Crippen molar-refractivity contribution in [1.82, 2.24) is 10.2 Å². The van der Waals surface area contributed by atoms with Gasteiger partial charge in [-0.3, -0.25) is 9.69 Å². The Hall–Kier alpha value is -1.38. The fraction of sp³-hybridized carbons (Fsp3) is 0.846. The summed E-state index contributed by atoms with van der Waals surface area (Å²) in [6.07, 6.45) is -5.10. The van der Waals surface area contributed by atoms with Crippen molar-refractivity contribution in [3.63, 3.8) is 0 Å². The van der Waals surface area contributed by atoms with Gasteiger partial charge in [-0.15, -0.1) is 0 Å². The molecule has 0 aromatic carbocycles. The van der Waals surface area contributed by atoms with Gasteiger partial charge in [0.15, 0.2) is 0 Å². The van der Waals surface area contributed by atoms with Crippen molar-refractivity contribution in [1.29, 1.82) is 0 Å². The van der Waals surface area contributed by atoms with Crippen molar-refractivity contribution >= 4 is 11.9 Å². The number of amides is 1. The van der Waals surface area contributed by atoms with Crippen LogP contribution < -0.4 is 5.32 Å². The van der Waals surface area contributed by atoms with Crippen molar-refractivity contribution in [2.24, 2.45) is 5.92 Å². The first-order valence-electron chi connectivity index (χ1n) is 6.87. The Balaban J connectivity index is 4.72. The lowest BCUT2D eigenvalue weighted by atomic mass is 9.99. The number of ether oxygens (including phenoxy) is 1. The normalized spacial score (nSPS) is 14.3. The molecule has 0 spiro atoms. The second kappa shape index (κ2) is 10.4. The molecular formula is C13H22F4N2O3. The number of alkyl halides is 4. The van der Waals surface area contributed by atoms with Gasteiger partial charge in [0.1, 0.15) is 6.04 Å². The zero-order valence-electron chi connectivity index (χ0n) is 12.8. The summed E-state index contributed by atoms with van der Waals surface area (Å²) in [5.74, 6) is -1.69. The number of rotatable bonds is 10. The molecule has 2 atom stereocenters. The SMILES string of the molecule is CCC(C)C(NC(=O)CN(CC(F)F)CC(F)F)C(=O)OC. The molecule has 0 saturated carbocycles. The maximum Gasteiger partial charge on any atom is 0.328 e. The van der Waals surface area contributed by atoms with Crippen molar-refractivity contribution < 1.29 is 31.9 Å². The van der Waals surface area contributed by atoms with E-state index in [1.54, 1.807) is 13.8 Å². The molecule has 2 unspecified atom stereocenters. The number of methoxy groups -OCH3 is 1. The first-order chi connectivity index (χ1) is 10.2. The zero-order valence-corrected chi connectivity index (χ0v) is 12.8. The Bertz CT molecular complexity index is 346. The number of halogens is 4. The average molecular weight is 330 g/mol. The molecule has 1 N–H and O–H groups in total. The van der Waals surface area contributed by atoms with Crippen LogP contribution in [0.15, 0.2) is 0 Å². The molecule has 5 nitrogen and oxygen atoms in total. The van der Waals surface area contributed by atoms with E-state index in [2.05, 4.69) is 10.1 Å². The molecule has 9 heteroatoms. The van der Waals surface area contributed by atoms with Gasteiger partial charge in [0.2, 0.25) is 5.91 Å². The summed E-state index contributed by atoms with van der Waals surface area (Å²) in [6.45, 7) is 0.983. The van der Waals surface area contributed by atoms with E-state index in [-0.39, 0.29) is 5.92 Å². The first kappa shape index (κ1) is 20.6. The molecule has 0 aromatic heterocycles. The summed E-state index contributed by atoms with van der Waals surface area (Å²) in [6, 6.07) is -0.942. The Kier molecular flexibility index (Phi) is 9.71. The minimum Gasteiger partial charge on any atom is -0.467 e. The predicted molar refractivity (Wildman–Crippen MR) is 71.8 cm³/mol. The Morgan fingerprint density at radius 1 is 1.14 bits per heavy atom. The highest BCUT2D eigenvalue weighted by Crippen LogP contribution is 2.10. The Labute approximate surface area is 127 Å². The number of hydrogen-bond donors (Lipinski definition) is 1. The van der Waals surface area contributed by atoms with Crippen LogP contribution in [0.25, 0.3) is 0 Å². The second-order valence-electron chi connectivity index (χ2n) is 4.93. The summed E-state index contributed by atoms with van der Waals surface area (Å²) < 4.78 is 53.8. The molecular weight excluding hydrogens is 308 g/mol. The largest absolute Gasteiger partial charge is 0.467 e. The number of carbonyl (C=O) groups is 2. The van der Waals surface area contributed by atoms with Gasteiger partial charge in [0, 0.05) is 0 Å². The van der Waals surface area contributed by atoms with Crippen LogP contribution >= 0.6 is 0 Å². The molecule has 0 heterocycles. The van der Waals surface area contributed by atoms with Gasteiger partial charge in [-0.25, -0.2) is 22.4 Å². The summed E-state index contributed by atoms with van der Waals surface area (Å²) in [7, 11) is 1.16. The minimum atomic E-state index is -2.84. The zero-order chi connectivity index (χ0) is 17.3. The van der Waals surface area contributed by atoms with Gasteiger partial charge < -0.3 is 10.1 Å². The van der Waals surface area contributed by atoms with Crippen LogP contribution in [0.4, 0.5) is 17.6 Å². The van der Waals surface area contributed by atoms with Crippen LogP contribution in [0.2, 0.25) is 0 Å². The van der Waals surface area contributed by atoms with Gasteiger partial charge in [0.25, 0.3) is 12.9 Å². The highest BCUT2D eigenvalue weighted by Gasteiger charge is 2.28. The van der Waals surface area contributed by atoms with Gasteiger partial charge in [-0.05, 0) is 5.92 Å². The van der Waals surface area contributed by atoms with Gasteiger partial charge >= 0.3 is 5.97 Å². The number of carbonyl (C=O) groups excluding carboxylic acids is 2. The van der Waals surface area contributed by atoms with E-state index in [9.17, 15) is 27.2 Å². The van der Waals surface area contributed by atoms with E-state index in [4.69, 9.17) is 0 Å². The third-order valence-corrected chi connectivity index (χ3v) is 3.14. The fourth-order valence-electron chi connectivity index (χ4n) is 1.81. The van der Waals surface area contributed by atoms with Crippen molar-refractivity contribution in [3.8, 4) is 0 Å².